The summed E-state index contributed by atoms with van der Waals surface area (Å²) >= 11 is 1.75. The van der Waals surface area contributed by atoms with E-state index in [1.807, 2.05) is 24.3 Å². The number of fused-ring (bicyclic) bond motifs is 1. The molecule has 0 spiro atoms. The topological polar surface area (TPSA) is 46.6 Å². The van der Waals surface area contributed by atoms with Gasteiger partial charge in [-0.2, -0.15) is 0 Å². The van der Waals surface area contributed by atoms with Gasteiger partial charge in [0, 0.05) is 23.6 Å². The number of nitrogens with zero attached hydrogens (tertiary/aromatic N) is 1. The Bertz CT molecular complexity index is 461. The van der Waals surface area contributed by atoms with Gasteiger partial charge in [0.1, 0.15) is 0 Å². The Labute approximate surface area is 110 Å². The number of hydrogen-bond donors (Lipinski definition) is 0. The van der Waals surface area contributed by atoms with E-state index in [0.29, 0.717) is 6.54 Å². The average Bonchev–Trinajstić information content (AvgIpc) is 2.43. The lowest BCUT2D eigenvalue weighted by atomic mass is 10.2. The van der Waals surface area contributed by atoms with Crippen LogP contribution in [0.4, 0.5) is 5.69 Å². The second-order valence-electron chi connectivity index (χ2n) is 3.94. The normalized spacial score (nSPS) is 13.9. The minimum Gasteiger partial charge on any atom is -0.469 e. The molecule has 0 atom stereocenters. The third kappa shape index (κ3) is 2.85. The molecule has 0 aliphatic carbocycles. The molecule has 0 bridgehead atoms. The van der Waals surface area contributed by atoms with Gasteiger partial charge in [-0.25, -0.2) is 0 Å². The van der Waals surface area contributed by atoms with E-state index in [9.17, 15) is 9.59 Å². The molecule has 1 aromatic rings. The first-order chi connectivity index (χ1) is 8.72. The fourth-order valence-corrected chi connectivity index (χ4v) is 2.87. The van der Waals surface area contributed by atoms with Gasteiger partial charge in [0.25, 0.3) is 0 Å². The number of methoxy groups -OCH3 is 1. The number of esters is 1. The van der Waals surface area contributed by atoms with E-state index in [1.54, 1.807) is 16.7 Å². The Balaban J connectivity index is 2.06. The van der Waals surface area contributed by atoms with Crippen LogP contribution in [0, 0.1) is 0 Å². The Kier molecular flexibility index (Phi) is 4.25. The number of benzene rings is 1. The van der Waals surface area contributed by atoms with Crippen molar-refractivity contribution in [3.63, 3.8) is 0 Å². The lowest BCUT2D eigenvalue weighted by Gasteiger charge is -2.28. The van der Waals surface area contributed by atoms with E-state index in [1.165, 1.54) is 7.11 Å². The Morgan fingerprint density at radius 2 is 2.11 bits per heavy atom. The van der Waals surface area contributed by atoms with E-state index < -0.39 is 0 Å². The molecule has 96 valence electrons. The fourth-order valence-electron chi connectivity index (χ4n) is 1.87. The number of amides is 1. The van der Waals surface area contributed by atoms with Gasteiger partial charge in [0.2, 0.25) is 5.91 Å². The molecule has 1 heterocycles. The van der Waals surface area contributed by atoms with E-state index in [4.69, 9.17) is 0 Å². The maximum absolute atomic E-state index is 12.1. The molecular formula is C13H15NO3S. The number of para-hydroxylation sites is 1. The molecule has 1 aliphatic heterocycles. The summed E-state index contributed by atoms with van der Waals surface area (Å²) in [6.07, 6.45) is 0.340. The maximum Gasteiger partial charge on any atom is 0.306 e. The number of thioether (sulfide) groups is 1. The highest BCUT2D eigenvalue weighted by Gasteiger charge is 2.22. The number of anilines is 1. The molecular weight excluding hydrogens is 250 g/mol. The first-order valence-corrected chi connectivity index (χ1v) is 6.80. The number of carbonyl (C=O) groups is 2. The van der Waals surface area contributed by atoms with E-state index in [-0.39, 0.29) is 24.7 Å². The molecule has 0 fully saturated rings. The van der Waals surface area contributed by atoms with Crippen LogP contribution in [0.15, 0.2) is 29.2 Å². The van der Waals surface area contributed by atoms with Crippen molar-refractivity contribution < 1.29 is 14.3 Å². The molecule has 0 unspecified atom stereocenters. The Hall–Kier alpha value is -1.49. The predicted molar refractivity (Wildman–Crippen MR) is 70.8 cm³/mol. The van der Waals surface area contributed by atoms with Crippen molar-refractivity contribution in [3.05, 3.63) is 24.3 Å². The van der Waals surface area contributed by atoms with Crippen LogP contribution < -0.4 is 4.90 Å². The van der Waals surface area contributed by atoms with Crippen molar-refractivity contribution in [2.24, 2.45) is 0 Å². The number of carbonyl (C=O) groups excluding carboxylic acids is 2. The monoisotopic (exact) mass is 265 g/mol. The van der Waals surface area contributed by atoms with Crippen molar-refractivity contribution in [1.29, 1.82) is 0 Å². The Morgan fingerprint density at radius 1 is 1.33 bits per heavy atom. The fraction of sp³-hybridized carbons (Fsp3) is 0.385. The second kappa shape index (κ2) is 5.91. The van der Waals surface area contributed by atoms with Crippen LogP contribution in [-0.2, 0) is 14.3 Å². The first kappa shape index (κ1) is 13.0. The molecule has 0 N–H and O–H groups in total. The average molecular weight is 265 g/mol. The van der Waals surface area contributed by atoms with Crippen molar-refractivity contribution in [2.75, 3.05) is 24.3 Å². The van der Waals surface area contributed by atoms with Gasteiger partial charge < -0.3 is 9.64 Å². The summed E-state index contributed by atoms with van der Waals surface area (Å²) in [5, 5.41) is 0. The van der Waals surface area contributed by atoms with E-state index in [2.05, 4.69) is 4.74 Å². The van der Waals surface area contributed by atoms with Crippen molar-refractivity contribution >= 4 is 29.3 Å². The SMILES string of the molecule is COC(=O)CCC(=O)N1CCSc2ccccc21. The summed E-state index contributed by atoms with van der Waals surface area (Å²) in [7, 11) is 1.33. The van der Waals surface area contributed by atoms with Crippen LogP contribution in [-0.4, -0.2) is 31.3 Å². The zero-order valence-corrected chi connectivity index (χ0v) is 11.0. The smallest absolute Gasteiger partial charge is 0.306 e. The molecule has 18 heavy (non-hydrogen) atoms. The molecule has 1 aromatic carbocycles. The summed E-state index contributed by atoms with van der Waals surface area (Å²) in [5.41, 5.74) is 0.948. The summed E-state index contributed by atoms with van der Waals surface area (Å²) in [6, 6.07) is 7.84. The van der Waals surface area contributed by atoms with Crippen LogP contribution in [0.2, 0.25) is 0 Å². The van der Waals surface area contributed by atoms with Gasteiger partial charge in [-0.15, -0.1) is 11.8 Å². The van der Waals surface area contributed by atoms with Crippen LogP contribution in [0.1, 0.15) is 12.8 Å². The number of rotatable bonds is 3. The predicted octanol–water partition coefficient (Wildman–Crippen LogP) is 2.08. The molecule has 4 nitrogen and oxygen atoms in total. The van der Waals surface area contributed by atoms with E-state index >= 15 is 0 Å². The lowest BCUT2D eigenvalue weighted by molar-refractivity contribution is -0.141. The molecule has 0 saturated heterocycles. The molecule has 0 aromatic heterocycles. The molecule has 0 saturated carbocycles. The van der Waals surface area contributed by atoms with Gasteiger partial charge >= 0.3 is 5.97 Å². The zero-order valence-electron chi connectivity index (χ0n) is 10.2. The highest BCUT2D eigenvalue weighted by molar-refractivity contribution is 7.99. The molecule has 2 rings (SSSR count). The number of ether oxygens (including phenoxy) is 1. The van der Waals surface area contributed by atoms with Gasteiger partial charge in [0.15, 0.2) is 0 Å². The van der Waals surface area contributed by atoms with Crippen LogP contribution in [0.3, 0.4) is 0 Å². The highest BCUT2D eigenvalue weighted by Crippen LogP contribution is 2.34. The van der Waals surface area contributed by atoms with Crippen molar-refractivity contribution in [3.8, 4) is 0 Å². The summed E-state index contributed by atoms with van der Waals surface area (Å²) in [6.45, 7) is 0.696. The standard InChI is InChI=1S/C13H15NO3S/c1-17-13(16)7-6-12(15)14-8-9-18-11-5-3-2-4-10(11)14/h2-5H,6-9H2,1H3. The number of hydrogen-bond acceptors (Lipinski definition) is 4. The quantitative estimate of drug-likeness (QED) is 0.785. The summed E-state index contributed by atoms with van der Waals surface area (Å²) < 4.78 is 4.54. The molecule has 0 radical (unpaired) electrons. The minimum absolute atomic E-state index is 0.0202. The Morgan fingerprint density at radius 3 is 2.89 bits per heavy atom. The lowest BCUT2D eigenvalue weighted by Crippen LogP contribution is -2.35. The third-order valence-electron chi connectivity index (χ3n) is 2.80. The van der Waals surface area contributed by atoms with Gasteiger partial charge in [-0.1, -0.05) is 12.1 Å². The van der Waals surface area contributed by atoms with E-state index in [0.717, 1.165) is 16.3 Å². The summed E-state index contributed by atoms with van der Waals surface area (Å²) in [5.74, 6) is 0.525. The maximum atomic E-state index is 12.1. The van der Waals surface area contributed by atoms with Crippen LogP contribution >= 0.6 is 11.8 Å². The van der Waals surface area contributed by atoms with Crippen molar-refractivity contribution in [1.82, 2.24) is 0 Å². The minimum atomic E-state index is -0.344. The molecule has 5 heteroatoms. The third-order valence-corrected chi connectivity index (χ3v) is 3.84. The van der Waals surface area contributed by atoms with Gasteiger partial charge in [-0.05, 0) is 12.1 Å². The van der Waals surface area contributed by atoms with Crippen LogP contribution in [0.25, 0.3) is 0 Å². The zero-order chi connectivity index (χ0) is 13.0. The largest absolute Gasteiger partial charge is 0.469 e. The molecule has 1 aliphatic rings. The first-order valence-electron chi connectivity index (χ1n) is 5.81. The van der Waals surface area contributed by atoms with Crippen LogP contribution in [0.5, 0.6) is 0 Å². The highest BCUT2D eigenvalue weighted by atomic mass is 32.2. The summed E-state index contributed by atoms with van der Waals surface area (Å²) in [4.78, 5) is 26.0. The van der Waals surface area contributed by atoms with Gasteiger partial charge in [0.05, 0.1) is 19.2 Å². The second-order valence-corrected chi connectivity index (χ2v) is 5.07. The van der Waals surface area contributed by atoms with Gasteiger partial charge in [-0.3, -0.25) is 9.59 Å². The van der Waals surface area contributed by atoms with Crippen molar-refractivity contribution in [2.45, 2.75) is 17.7 Å². The molecule has 1 amide bonds.